The highest BCUT2D eigenvalue weighted by Gasteiger charge is 2.23. The predicted molar refractivity (Wildman–Crippen MR) is 119 cm³/mol. The van der Waals surface area contributed by atoms with Crippen LogP contribution in [0.5, 0.6) is 5.75 Å². The fourth-order valence-corrected chi connectivity index (χ4v) is 6.20. The van der Waals surface area contributed by atoms with Gasteiger partial charge in [-0.3, -0.25) is 0 Å². The van der Waals surface area contributed by atoms with Gasteiger partial charge in [-0.05, 0) is 64.0 Å². The lowest BCUT2D eigenvalue weighted by molar-refractivity contribution is 0.415. The summed E-state index contributed by atoms with van der Waals surface area (Å²) >= 11 is 1.98. The quantitative estimate of drug-likeness (QED) is 0.353. The van der Waals surface area contributed by atoms with E-state index in [-0.39, 0.29) is 5.75 Å². The molecule has 0 unspecified atom stereocenters. The molecule has 0 radical (unpaired) electrons. The second-order valence-corrected chi connectivity index (χ2v) is 9.34. The average Bonchev–Trinajstić information content (AvgIpc) is 3.05. The molecule has 0 aliphatic heterocycles. The maximum atomic E-state index is 13.9. The van der Waals surface area contributed by atoms with E-state index in [9.17, 15) is 12.8 Å². The first-order chi connectivity index (χ1) is 13.9. The van der Waals surface area contributed by atoms with Crippen LogP contribution in [0, 0.1) is 9.52 Å². The van der Waals surface area contributed by atoms with Crippen LogP contribution >= 0.6 is 22.6 Å². The van der Waals surface area contributed by atoms with Gasteiger partial charge in [0.25, 0.3) is 0 Å². The minimum absolute atomic E-state index is 0.150. The SMILES string of the molecule is COc1ccc(F)cc1-c1ccnc2c1cc(I)n2S(=O)(=O)Cc1ccccc1. The smallest absolute Gasteiger partial charge is 0.245 e. The maximum Gasteiger partial charge on any atom is 0.245 e. The molecule has 5 nitrogen and oxygen atoms in total. The number of hydrogen-bond acceptors (Lipinski definition) is 4. The van der Waals surface area contributed by atoms with Crippen molar-refractivity contribution >= 4 is 43.6 Å². The first kappa shape index (κ1) is 19.8. The zero-order chi connectivity index (χ0) is 20.6. The van der Waals surface area contributed by atoms with E-state index in [0.717, 1.165) is 0 Å². The number of ether oxygens (including phenoxy) is 1. The van der Waals surface area contributed by atoms with Crippen molar-refractivity contribution in [1.29, 1.82) is 0 Å². The van der Waals surface area contributed by atoms with E-state index in [1.807, 2.05) is 28.7 Å². The molecule has 0 saturated heterocycles. The molecule has 0 amide bonds. The Morgan fingerprint density at radius 3 is 2.55 bits per heavy atom. The maximum absolute atomic E-state index is 13.9. The molecule has 0 N–H and O–H groups in total. The minimum Gasteiger partial charge on any atom is -0.496 e. The molecule has 0 bridgehead atoms. The van der Waals surface area contributed by atoms with Gasteiger partial charge >= 0.3 is 0 Å². The zero-order valence-electron chi connectivity index (χ0n) is 15.3. The molecular formula is C21H16FIN2O3S. The molecule has 0 aliphatic carbocycles. The van der Waals surface area contributed by atoms with Crippen molar-refractivity contribution in [3.8, 4) is 16.9 Å². The molecule has 2 aromatic heterocycles. The van der Waals surface area contributed by atoms with Crippen LogP contribution in [0.15, 0.2) is 66.9 Å². The van der Waals surface area contributed by atoms with E-state index in [0.29, 0.717) is 37.2 Å². The molecule has 4 aromatic rings. The van der Waals surface area contributed by atoms with Crippen LogP contribution in [0.2, 0.25) is 0 Å². The van der Waals surface area contributed by atoms with Crippen LogP contribution < -0.4 is 4.74 Å². The number of benzene rings is 2. The highest BCUT2D eigenvalue weighted by molar-refractivity contribution is 14.1. The van der Waals surface area contributed by atoms with Crippen LogP contribution in [-0.4, -0.2) is 24.5 Å². The van der Waals surface area contributed by atoms with Gasteiger partial charge in [-0.1, -0.05) is 30.3 Å². The average molecular weight is 522 g/mol. The van der Waals surface area contributed by atoms with E-state index in [1.54, 1.807) is 42.5 Å². The highest BCUT2D eigenvalue weighted by atomic mass is 127. The molecule has 0 spiro atoms. The number of fused-ring (bicyclic) bond motifs is 1. The Labute approximate surface area is 181 Å². The van der Waals surface area contributed by atoms with E-state index in [2.05, 4.69) is 4.98 Å². The molecular weight excluding hydrogens is 506 g/mol. The summed E-state index contributed by atoms with van der Waals surface area (Å²) in [7, 11) is -2.20. The summed E-state index contributed by atoms with van der Waals surface area (Å²) in [6.07, 6.45) is 1.52. The number of halogens is 2. The van der Waals surface area contributed by atoms with E-state index < -0.39 is 15.8 Å². The Morgan fingerprint density at radius 1 is 1.07 bits per heavy atom. The zero-order valence-corrected chi connectivity index (χ0v) is 18.3. The molecule has 2 heterocycles. The first-order valence-electron chi connectivity index (χ1n) is 8.68. The summed E-state index contributed by atoms with van der Waals surface area (Å²) in [4.78, 5) is 4.32. The van der Waals surface area contributed by atoms with Crippen molar-refractivity contribution in [2.24, 2.45) is 0 Å². The summed E-state index contributed by atoms with van der Waals surface area (Å²) in [5.74, 6) is -0.0617. The molecule has 8 heteroatoms. The van der Waals surface area contributed by atoms with Gasteiger partial charge in [0.2, 0.25) is 10.0 Å². The largest absolute Gasteiger partial charge is 0.496 e. The van der Waals surface area contributed by atoms with Gasteiger partial charge in [0.1, 0.15) is 11.6 Å². The standard InChI is InChI=1S/C21H16FIN2O3S/c1-28-19-8-7-15(22)11-17(19)16-9-10-24-21-18(16)12-20(23)25(21)29(26,27)13-14-5-3-2-4-6-14/h2-12H,13H2,1H3. The molecule has 29 heavy (non-hydrogen) atoms. The summed E-state index contributed by atoms with van der Waals surface area (Å²) in [6.45, 7) is 0. The molecule has 0 saturated carbocycles. The van der Waals surface area contributed by atoms with Gasteiger partial charge in [-0.25, -0.2) is 21.8 Å². The van der Waals surface area contributed by atoms with Crippen LogP contribution in [0.4, 0.5) is 4.39 Å². The van der Waals surface area contributed by atoms with Crippen molar-refractivity contribution in [2.75, 3.05) is 7.11 Å². The molecule has 0 atom stereocenters. The highest BCUT2D eigenvalue weighted by Crippen LogP contribution is 2.37. The van der Waals surface area contributed by atoms with Gasteiger partial charge in [0.15, 0.2) is 5.65 Å². The lowest BCUT2D eigenvalue weighted by Gasteiger charge is -2.11. The lowest BCUT2D eigenvalue weighted by Crippen LogP contribution is -2.16. The van der Waals surface area contributed by atoms with Gasteiger partial charge in [-0.2, -0.15) is 0 Å². The number of pyridine rings is 1. The second kappa shape index (κ2) is 7.75. The summed E-state index contributed by atoms with van der Waals surface area (Å²) in [6, 6.07) is 16.7. The molecule has 0 fully saturated rings. The second-order valence-electron chi connectivity index (χ2n) is 6.41. The van der Waals surface area contributed by atoms with Gasteiger partial charge in [0.05, 0.1) is 16.6 Å². The first-order valence-corrected chi connectivity index (χ1v) is 11.4. The van der Waals surface area contributed by atoms with Gasteiger partial charge in [0, 0.05) is 17.1 Å². The number of rotatable bonds is 5. The minimum atomic E-state index is -3.71. The van der Waals surface area contributed by atoms with Crippen LogP contribution in [-0.2, 0) is 15.8 Å². The third kappa shape index (κ3) is 3.74. The third-order valence-electron chi connectivity index (χ3n) is 4.54. The van der Waals surface area contributed by atoms with Crippen molar-refractivity contribution in [2.45, 2.75) is 5.75 Å². The predicted octanol–water partition coefficient (Wildman–Crippen LogP) is 4.83. The molecule has 0 aliphatic rings. The topological polar surface area (TPSA) is 61.2 Å². The number of methoxy groups -OCH3 is 1. The van der Waals surface area contributed by atoms with Crippen LogP contribution in [0.1, 0.15) is 5.56 Å². The van der Waals surface area contributed by atoms with E-state index >= 15 is 0 Å². The fourth-order valence-electron chi connectivity index (χ4n) is 3.28. The Bertz CT molecular complexity index is 1300. The van der Waals surface area contributed by atoms with Crippen molar-refractivity contribution in [3.05, 3.63) is 81.9 Å². The number of nitrogens with zero attached hydrogens (tertiary/aromatic N) is 2. The van der Waals surface area contributed by atoms with Crippen LogP contribution in [0.3, 0.4) is 0 Å². The molecule has 148 valence electrons. The normalized spacial score (nSPS) is 11.7. The number of hydrogen-bond donors (Lipinski definition) is 0. The summed E-state index contributed by atoms with van der Waals surface area (Å²) in [5, 5.41) is 0.609. The van der Waals surface area contributed by atoms with Crippen molar-refractivity contribution in [3.63, 3.8) is 0 Å². The fraction of sp³-hybridized carbons (Fsp3) is 0.0952. The van der Waals surface area contributed by atoms with E-state index in [4.69, 9.17) is 4.74 Å². The summed E-state index contributed by atoms with van der Waals surface area (Å²) in [5.41, 5.74) is 2.18. The van der Waals surface area contributed by atoms with Gasteiger partial charge in [-0.15, -0.1) is 0 Å². The Morgan fingerprint density at radius 2 is 1.83 bits per heavy atom. The number of aromatic nitrogens is 2. The third-order valence-corrected chi connectivity index (χ3v) is 7.29. The van der Waals surface area contributed by atoms with Crippen LogP contribution in [0.25, 0.3) is 22.2 Å². The Kier molecular flexibility index (Phi) is 5.30. The van der Waals surface area contributed by atoms with Crippen molar-refractivity contribution < 1.29 is 17.5 Å². The van der Waals surface area contributed by atoms with Crippen molar-refractivity contribution in [1.82, 2.24) is 8.96 Å². The monoisotopic (exact) mass is 522 g/mol. The Balaban J connectivity index is 1.91. The van der Waals surface area contributed by atoms with E-state index in [1.165, 1.54) is 29.4 Å². The molecule has 2 aromatic carbocycles. The lowest BCUT2D eigenvalue weighted by atomic mass is 10.0. The summed E-state index contributed by atoms with van der Waals surface area (Å²) < 4.78 is 47.3. The van der Waals surface area contributed by atoms with Gasteiger partial charge < -0.3 is 4.74 Å². The Hall–Kier alpha value is -2.46. The molecule has 4 rings (SSSR count).